The Kier molecular flexibility index (Phi) is 3.51. The Morgan fingerprint density at radius 2 is 2.10 bits per heavy atom. The first-order chi connectivity index (χ1) is 10.2. The summed E-state index contributed by atoms with van der Waals surface area (Å²) in [5.74, 6) is 0.371. The van der Waals surface area contributed by atoms with Crippen molar-refractivity contribution in [3.05, 3.63) is 48.8 Å². The fourth-order valence-corrected chi connectivity index (χ4v) is 1.99. The number of para-hydroxylation sites is 1. The van der Waals surface area contributed by atoms with E-state index in [4.69, 9.17) is 0 Å². The molecule has 21 heavy (non-hydrogen) atoms. The number of benzene rings is 1. The number of aromatic amines is 1. The predicted molar refractivity (Wildman–Crippen MR) is 82.2 cm³/mol. The third kappa shape index (κ3) is 2.84. The van der Waals surface area contributed by atoms with Crippen LogP contribution in [0.15, 0.2) is 48.8 Å². The molecule has 106 valence electrons. The van der Waals surface area contributed by atoms with Crippen LogP contribution < -0.4 is 10.2 Å². The van der Waals surface area contributed by atoms with Crippen LogP contribution in [0.5, 0.6) is 0 Å². The van der Waals surface area contributed by atoms with Crippen molar-refractivity contribution in [3.8, 4) is 0 Å². The Hall–Kier alpha value is -2.89. The van der Waals surface area contributed by atoms with Gasteiger partial charge in [0.1, 0.15) is 5.65 Å². The number of likely N-dealkylation sites (N-methyl/N-ethyl adjacent to an activating group) is 1. The fourth-order valence-electron chi connectivity index (χ4n) is 1.99. The number of hydrogen-bond acceptors (Lipinski definition) is 4. The van der Waals surface area contributed by atoms with Crippen molar-refractivity contribution in [1.82, 2.24) is 15.0 Å². The average molecular weight is 281 g/mol. The van der Waals surface area contributed by atoms with E-state index in [1.54, 1.807) is 24.3 Å². The number of H-pyrrole nitrogens is 1. The molecule has 0 spiro atoms. The van der Waals surface area contributed by atoms with Gasteiger partial charge in [-0.05, 0) is 18.2 Å². The lowest BCUT2D eigenvalue weighted by molar-refractivity contribution is -0.116. The number of amides is 1. The van der Waals surface area contributed by atoms with Crippen molar-refractivity contribution in [2.24, 2.45) is 0 Å². The third-order valence-electron chi connectivity index (χ3n) is 3.22. The van der Waals surface area contributed by atoms with Crippen molar-refractivity contribution >= 4 is 28.6 Å². The Labute approximate surface area is 121 Å². The largest absolute Gasteiger partial charge is 0.346 e. The molecule has 0 unspecified atom stereocenters. The Morgan fingerprint density at radius 1 is 1.29 bits per heavy atom. The quantitative estimate of drug-likeness (QED) is 0.767. The maximum Gasteiger partial charge on any atom is 0.246 e. The lowest BCUT2D eigenvalue weighted by Crippen LogP contribution is -2.32. The summed E-state index contributed by atoms with van der Waals surface area (Å²) in [6, 6.07) is 11.4. The van der Waals surface area contributed by atoms with E-state index in [2.05, 4.69) is 20.3 Å². The Bertz CT molecular complexity index is 753. The molecule has 0 aliphatic rings. The first kappa shape index (κ1) is 13.1. The molecule has 0 fully saturated rings. The fraction of sp³-hybridized carbons (Fsp3) is 0.133. The molecule has 0 aliphatic heterocycles. The lowest BCUT2D eigenvalue weighted by atomic mass is 10.3. The van der Waals surface area contributed by atoms with Gasteiger partial charge in [0.05, 0.1) is 6.54 Å². The molecule has 1 aromatic carbocycles. The van der Waals surface area contributed by atoms with Crippen LogP contribution >= 0.6 is 0 Å². The highest BCUT2D eigenvalue weighted by molar-refractivity contribution is 5.95. The smallest absolute Gasteiger partial charge is 0.246 e. The predicted octanol–water partition coefficient (Wildman–Crippen LogP) is 2.03. The molecule has 0 saturated carbocycles. The molecule has 1 amide bonds. The Morgan fingerprint density at radius 3 is 2.90 bits per heavy atom. The Balaban J connectivity index is 1.65. The van der Waals surface area contributed by atoms with Gasteiger partial charge in [0.15, 0.2) is 0 Å². The van der Waals surface area contributed by atoms with E-state index >= 15 is 0 Å². The van der Waals surface area contributed by atoms with E-state index < -0.39 is 0 Å². The molecule has 3 aromatic rings. The van der Waals surface area contributed by atoms with Crippen LogP contribution in [0.3, 0.4) is 0 Å². The number of carbonyl (C=O) groups is 1. The van der Waals surface area contributed by atoms with Gasteiger partial charge < -0.3 is 15.2 Å². The number of aromatic nitrogens is 3. The minimum absolute atomic E-state index is 0.0589. The maximum absolute atomic E-state index is 12.1. The molecule has 0 bridgehead atoms. The molecule has 2 heterocycles. The molecule has 0 atom stereocenters. The van der Waals surface area contributed by atoms with Gasteiger partial charge >= 0.3 is 0 Å². The van der Waals surface area contributed by atoms with Crippen LogP contribution in [-0.4, -0.2) is 34.5 Å². The number of fused-ring (bicyclic) bond motifs is 1. The zero-order valence-corrected chi connectivity index (χ0v) is 11.6. The standard InChI is InChI=1S/C15H15N5O/c1-20(12-5-3-2-4-6-12)13(21)10-18-15-17-9-11-7-8-16-14(11)19-15/h2-9H,10H2,1H3,(H2,16,17,18,19). The summed E-state index contributed by atoms with van der Waals surface area (Å²) in [6.07, 6.45) is 3.52. The van der Waals surface area contributed by atoms with Crippen LogP contribution in [0.4, 0.5) is 11.6 Å². The highest BCUT2D eigenvalue weighted by Gasteiger charge is 2.11. The summed E-state index contributed by atoms with van der Waals surface area (Å²) < 4.78 is 0. The van der Waals surface area contributed by atoms with Gasteiger partial charge in [-0.25, -0.2) is 4.98 Å². The minimum atomic E-state index is -0.0589. The lowest BCUT2D eigenvalue weighted by Gasteiger charge is -2.17. The molecule has 0 saturated heterocycles. The minimum Gasteiger partial charge on any atom is -0.346 e. The van der Waals surface area contributed by atoms with Gasteiger partial charge in [-0.1, -0.05) is 18.2 Å². The van der Waals surface area contributed by atoms with Crippen molar-refractivity contribution in [3.63, 3.8) is 0 Å². The van der Waals surface area contributed by atoms with E-state index in [0.29, 0.717) is 5.95 Å². The average Bonchev–Trinajstić information content (AvgIpc) is 3.00. The molecular formula is C15H15N5O. The second-order valence-electron chi connectivity index (χ2n) is 4.62. The molecule has 2 N–H and O–H groups in total. The van der Waals surface area contributed by atoms with Crippen molar-refractivity contribution in [1.29, 1.82) is 0 Å². The highest BCUT2D eigenvalue weighted by atomic mass is 16.2. The summed E-state index contributed by atoms with van der Waals surface area (Å²) in [6.45, 7) is 0.137. The molecule has 0 aliphatic carbocycles. The zero-order chi connectivity index (χ0) is 14.7. The number of nitrogens with one attached hydrogen (secondary N) is 2. The van der Waals surface area contributed by atoms with Gasteiger partial charge in [-0.15, -0.1) is 0 Å². The highest BCUT2D eigenvalue weighted by Crippen LogP contribution is 2.12. The number of nitrogens with zero attached hydrogens (tertiary/aromatic N) is 3. The van der Waals surface area contributed by atoms with Crippen molar-refractivity contribution in [2.75, 3.05) is 23.8 Å². The van der Waals surface area contributed by atoms with Gasteiger partial charge in [-0.2, -0.15) is 4.98 Å². The summed E-state index contributed by atoms with van der Waals surface area (Å²) in [5, 5.41) is 3.88. The first-order valence-electron chi connectivity index (χ1n) is 6.59. The van der Waals surface area contributed by atoms with Crippen molar-refractivity contribution in [2.45, 2.75) is 0 Å². The number of carbonyl (C=O) groups excluding carboxylic acids is 1. The molecule has 3 rings (SSSR count). The number of anilines is 2. The van der Waals surface area contributed by atoms with Crippen LogP contribution in [-0.2, 0) is 4.79 Å². The summed E-state index contributed by atoms with van der Waals surface area (Å²) in [5.41, 5.74) is 1.60. The SMILES string of the molecule is CN(C(=O)CNc1ncc2cc[nH]c2n1)c1ccccc1. The normalized spacial score (nSPS) is 10.5. The van der Waals surface area contributed by atoms with Gasteiger partial charge in [-0.3, -0.25) is 4.79 Å². The number of rotatable bonds is 4. The topological polar surface area (TPSA) is 73.9 Å². The molecular weight excluding hydrogens is 266 g/mol. The van der Waals surface area contributed by atoms with E-state index in [0.717, 1.165) is 16.7 Å². The summed E-state index contributed by atoms with van der Waals surface area (Å²) in [7, 11) is 1.74. The molecule has 6 heteroatoms. The molecule has 0 radical (unpaired) electrons. The second-order valence-corrected chi connectivity index (χ2v) is 4.62. The van der Waals surface area contributed by atoms with E-state index in [-0.39, 0.29) is 12.5 Å². The monoisotopic (exact) mass is 281 g/mol. The van der Waals surface area contributed by atoms with Crippen LogP contribution in [0.2, 0.25) is 0 Å². The first-order valence-corrected chi connectivity index (χ1v) is 6.59. The van der Waals surface area contributed by atoms with Crippen LogP contribution in [0.25, 0.3) is 11.0 Å². The van der Waals surface area contributed by atoms with E-state index in [1.165, 1.54) is 0 Å². The second kappa shape index (κ2) is 5.62. The van der Waals surface area contributed by atoms with E-state index in [1.807, 2.05) is 36.4 Å². The summed E-state index contributed by atoms with van der Waals surface area (Å²) in [4.78, 5) is 25.2. The maximum atomic E-state index is 12.1. The molecule has 2 aromatic heterocycles. The van der Waals surface area contributed by atoms with Gasteiger partial charge in [0, 0.05) is 30.5 Å². The van der Waals surface area contributed by atoms with Crippen molar-refractivity contribution < 1.29 is 4.79 Å². The molecule has 6 nitrogen and oxygen atoms in total. The van der Waals surface area contributed by atoms with E-state index in [9.17, 15) is 4.79 Å². The zero-order valence-electron chi connectivity index (χ0n) is 11.6. The van der Waals surface area contributed by atoms with Crippen LogP contribution in [0.1, 0.15) is 0 Å². The van der Waals surface area contributed by atoms with Crippen LogP contribution in [0, 0.1) is 0 Å². The number of hydrogen-bond donors (Lipinski definition) is 2. The van der Waals surface area contributed by atoms with Gasteiger partial charge in [0.25, 0.3) is 0 Å². The van der Waals surface area contributed by atoms with Gasteiger partial charge in [0.2, 0.25) is 11.9 Å². The summed E-state index contributed by atoms with van der Waals surface area (Å²) >= 11 is 0. The third-order valence-corrected chi connectivity index (χ3v) is 3.22.